The minimum Gasteiger partial charge on any atom is -0.455 e. The fourth-order valence-electron chi connectivity index (χ4n) is 1.05. The van der Waals surface area contributed by atoms with Crippen LogP contribution in [-0.4, -0.2) is 11.8 Å². The van der Waals surface area contributed by atoms with Crippen LogP contribution in [-0.2, 0) is 20.9 Å². The maximum atomic E-state index is 11.2. The number of rotatable bonds is 5. The Morgan fingerprint density at radius 2 is 1.88 bits per heavy atom. The fraction of sp³-hybridized carbons (Fsp3) is 0.167. The van der Waals surface area contributed by atoms with Crippen molar-refractivity contribution in [1.29, 1.82) is 0 Å². The van der Waals surface area contributed by atoms with Crippen molar-refractivity contribution in [2.45, 2.75) is 13.0 Å². The second-order valence-electron chi connectivity index (χ2n) is 3.18. The maximum absolute atomic E-state index is 11.2. The van der Waals surface area contributed by atoms with Gasteiger partial charge < -0.3 is 4.74 Å². The lowest BCUT2D eigenvalue weighted by Crippen LogP contribution is -2.16. The van der Waals surface area contributed by atoms with Crippen molar-refractivity contribution in [3.63, 3.8) is 0 Å². The highest BCUT2D eigenvalue weighted by atomic mass is 35.5. The summed E-state index contributed by atoms with van der Waals surface area (Å²) in [6, 6.07) is 9.11. The molecule has 1 rings (SSSR count). The molecule has 0 amide bonds. The van der Waals surface area contributed by atoms with Crippen LogP contribution in [0.4, 0.5) is 0 Å². The highest BCUT2D eigenvalue weighted by molar-refractivity contribution is 6.38. The van der Waals surface area contributed by atoms with E-state index in [2.05, 4.69) is 6.58 Å². The molecule has 0 radical (unpaired) electrons. The van der Waals surface area contributed by atoms with E-state index < -0.39 is 11.8 Å². The van der Waals surface area contributed by atoms with Gasteiger partial charge in [-0.1, -0.05) is 48.5 Å². The van der Waals surface area contributed by atoms with Gasteiger partial charge in [0.2, 0.25) is 5.78 Å². The molecule has 0 aliphatic rings. The fourth-order valence-corrected chi connectivity index (χ4v) is 1.17. The number of Topliss-reactive ketones (excluding diaryl/α,β-unsaturated/α-hetero) is 1. The Morgan fingerprint density at radius 3 is 2.44 bits per heavy atom. The predicted molar refractivity (Wildman–Crippen MR) is 60.9 cm³/mol. The number of carbonyl (C=O) groups excluding carboxylic acids is 2. The quantitative estimate of drug-likeness (QED) is 0.585. The monoisotopic (exact) mass is 238 g/mol. The Morgan fingerprint density at radius 1 is 1.25 bits per heavy atom. The van der Waals surface area contributed by atoms with Gasteiger partial charge in [0.1, 0.15) is 6.61 Å². The number of hydrogen-bond donors (Lipinski definition) is 0. The van der Waals surface area contributed by atoms with Crippen molar-refractivity contribution >= 4 is 23.4 Å². The van der Waals surface area contributed by atoms with E-state index >= 15 is 0 Å². The molecule has 0 unspecified atom stereocenters. The number of esters is 1. The van der Waals surface area contributed by atoms with Gasteiger partial charge in [-0.3, -0.25) is 4.79 Å². The molecule has 3 nitrogen and oxygen atoms in total. The molecule has 0 aliphatic carbocycles. The standard InChI is InChI=1S/C12H11ClO3/c1-9(13)7-11(14)12(15)16-8-10-5-3-2-4-6-10/h2-6H,1,7-8H2. The molecular weight excluding hydrogens is 228 g/mol. The average Bonchev–Trinajstić information content (AvgIpc) is 2.26. The Hall–Kier alpha value is -1.61. The highest BCUT2D eigenvalue weighted by Crippen LogP contribution is 2.06. The van der Waals surface area contributed by atoms with E-state index in [0.717, 1.165) is 5.56 Å². The third-order valence-electron chi connectivity index (χ3n) is 1.79. The van der Waals surface area contributed by atoms with Crippen molar-refractivity contribution in [1.82, 2.24) is 0 Å². The highest BCUT2D eigenvalue weighted by Gasteiger charge is 2.15. The van der Waals surface area contributed by atoms with Crippen molar-refractivity contribution in [3.05, 3.63) is 47.5 Å². The van der Waals surface area contributed by atoms with E-state index in [1.54, 1.807) is 12.1 Å². The lowest BCUT2D eigenvalue weighted by Gasteiger charge is -2.03. The van der Waals surface area contributed by atoms with Gasteiger partial charge >= 0.3 is 5.97 Å². The van der Waals surface area contributed by atoms with E-state index in [-0.39, 0.29) is 18.1 Å². The maximum Gasteiger partial charge on any atom is 0.375 e. The first kappa shape index (κ1) is 12.5. The van der Waals surface area contributed by atoms with Gasteiger partial charge in [-0.05, 0) is 5.56 Å². The summed E-state index contributed by atoms with van der Waals surface area (Å²) < 4.78 is 4.80. The summed E-state index contributed by atoms with van der Waals surface area (Å²) in [5.41, 5.74) is 0.827. The van der Waals surface area contributed by atoms with Gasteiger partial charge in [-0.15, -0.1) is 0 Å². The van der Waals surface area contributed by atoms with Crippen LogP contribution in [0.25, 0.3) is 0 Å². The molecule has 1 aromatic carbocycles. The average molecular weight is 239 g/mol. The minimum atomic E-state index is -0.884. The molecule has 0 heterocycles. The molecule has 0 bridgehead atoms. The van der Waals surface area contributed by atoms with E-state index in [1.165, 1.54) is 0 Å². The summed E-state index contributed by atoms with van der Waals surface area (Å²) in [6.45, 7) is 3.42. The van der Waals surface area contributed by atoms with Crippen LogP contribution < -0.4 is 0 Å². The predicted octanol–water partition coefficient (Wildman–Crippen LogP) is 2.44. The van der Waals surface area contributed by atoms with Gasteiger partial charge in [0, 0.05) is 5.03 Å². The summed E-state index contributed by atoms with van der Waals surface area (Å²) in [4.78, 5) is 22.3. The first-order chi connectivity index (χ1) is 7.59. The van der Waals surface area contributed by atoms with Crippen LogP contribution in [0, 0.1) is 0 Å². The number of ketones is 1. The summed E-state index contributed by atoms with van der Waals surface area (Å²) in [5, 5.41) is 0.127. The van der Waals surface area contributed by atoms with Crippen molar-refractivity contribution in [2.24, 2.45) is 0 Å². The normalized spacial score (nSPS) is 9.56. The van der Waals surface area contributed by atoms with Crippen molar-refractivity contribution in [3.8, 4) is 0 Å². The van der Waals surface area contributed by atoms with E-state index in [0.29, 0.717) is 0 Å². The van der Waals surface area contributed by atoms with Crippen LogP contribution in [0.2, 0.25) is 0 Å². The number of halogens is 1. The molecule has 0 atom stereocenters. The molecule has 4 heteroatoms. The number of carbonyl (C=O) groups is 2. The SMILES string of the molecule is C=C(Cl)CC(=O)C(=O)OCc1ccccc1. The second-order valence-corrected chi connectivity index (χ2v) is 3.71. The number of hydrogen-bond acceptors (Lipinski definition) is 3. The van der Waals surface area contributed by atoms with Crippen molar-refractivity contribution in [2.75, 3.05) is 0 Å². The van der Waals surface area contributed by atoms with E-state index in [9.17, 15) is 9.59 Å². The van der Waals surface area contributed by atoms with Gasteiger partial charge in [0.25, 0.3) is 0 Å². The van der Waals surface area contributed by atoms with Gasteiger partial charge in [-0.25, -0.2) is 4.79 Å². The molecule has 0 saturated carbocycles. The molecule has 1 aromatic rings. The van der Waals surface area contributed by atoms with E-state index in [1.807, 2.05) is 18.2 Å². The van der Waals surface area contributed by atoms with E-state index in [4.69, 9.17) is 16.3 Å². The lowest BCUT2D eigenvalue weighted by atomic mass is 10.2. The van der Waals surface area contributed by atoms with Crippen LogP contribution in [0.5, 0.6) is 0 Å². The van der Waals surface area contributed by atoms with Gasteiger partial charge in [-0.2, -0.15) is 0 Å². The van der Waals surface area contributed by atoms with Crippen LogP contribution in [0.3, 0.4) is 0 Å². The molecule has 84 valence electrons. The zero-order valence-corrected chi connectivity index (χ0v) is 9.37. The summed E-state index contributed by atoms with van der Waals surface area (Å²) in [5.74, 6) is -1.57. The second kappa shape index (κ2) is 6.08. The third-order valence-corrected chi connectivity index (χ3v) is 1.93. The smallest absolute Gasteiger partial charge is 0.375 e. The number of allylic oxidation sites excluding steroid dienone is 1. The molecule has 0 fully saturated rings. The Kier molecular flexibility index (Phi) is 4.73. The van der Waals surface area contributed by atoms with Crippen molar-refractivity contribution < 1.29 is 14.3 Å². The zero-order chi connectivity index (χ0) is 12.0. The molecule has 16 heavy (non-hydrogen) atoms. The largest absolute Gasteiger partial charge is 0.455 e. The van der Waals surface area contributed by atoms with Crippen LogP contribution in [0.15, 0.2) is 41.9 Å². The minimum absolute atomic E-state index is 0.0835. The number of ether oxygens (including phenoxy) is 1. The molecule has 0 aromatic heterocycles. The topological polar surface area (TPSA) is 43.4 Å². The lowest BCUT2D eigenvalue weighted by molar-refractivity contribution is -0.154. The molecule has 0 N–H and O–H groups in total. The zero-order valence-electron chi connectivity index (χ0n) is 8.61. The Labute approximate surface area is 98.7 Å². The number of benzene rings is 1. The van der Waals surface area contributed by atoms with Gasteiger partial charge in [0.15, 0.2) is 0 Å². The molecule has 0 saturated heterocycles. The summed E-state index contributed by atoms with van der Waals surface area (Å²) in [7, 11) is 0. The molecule has 0 spiro atoms. The summed E-state index contributed by atoms with van der Waals surface area (Å²) in [6.07, 6.45) is -0.185. The molecule has 0 aliphatic heterocycles. The third kappa shape index (κ3) is 4.28. The Bertz CT molecular complexity index is 398. The summed E-state index contributed by atoms with van der Waals surface area (Å²) >= 11 is 5.41. The molecular formula is C12H11ClO3. The van der Waals surface area contributed by atoms with Gasteiger partial charge in [0.05, 0.1) is 6.42 Å². The van der Waals surface area contributed by atoms with Crippen LogP contribution >= 0.6 is 11.6 Å². The first-order valence-corrected chi connectivity index (χ1v) is 5.04. The first-order valence-electron chi connectivity index (χ1n) is 4.66. The Balaban J connectivity index is 2.41. The van der Waals surface area contributed by atoms with Crippen LogP contribution in [0.1, 0.15) is 12.0 Å².